The van der Waals surface area contributed by atoms with E-state index in [1.54, 1.807) is 7.11 Å². The lowest BCUT2D eigenvalue weighted by atomic mass is 10.0. The molecule has 2 aromatic heterocycles. The molecule has 1 amide bonds. The summed E-state index contributed by atoms with van der Waals surface area (Å²) in [6, 6.07) is 21.1. The number of amides is 1. The third-order valence-corrected chi connectivity index (χ3v) is 11.1. The van der Waals surface area contributed by atoms with Gasteiger partial charge in [-0.3, -0.25) is 24.4 Å². The largest absolute Gasteiger partial charge is 0.494 e. The van der Waals surface area contributed by atoms with E-state index in [2.05, 4.69) is 52.9 Å². The fraction of sp³-hybridized carbons (Fsp3) is 0.429. The van der Waals surface area contributed by atoms with Crippen molar-refractivity contribution in [3.63, 3.8) is 0 Å². The van der Waals surface area contributed by atoms with Crippen molar-refractivity contribution in [2.75, 3.05) is 73.6 Å². The second kappa shape index (κ2) is 16.6. The zero-order valence-electron chi connectivity index (χ0n) is 31.8. The Bertz CT molecular complexity index is 1970. The van der Waals surface area contributed by atoms with Crippen molar-refractivity contribution in [1.29, 1.82) is 0 Å². The minimum Gasteiger partial charge on any atom is -0.494 e. The maximum atomic E-state index is 12.7. The van der Waals surface area contributed by atoms with Crippen LogP contribution in [0.4, 0.5) is 28.7 Å². The topological polar surface area (TPSA) is 120 Å². The van der Waals surface area contributed by atoms with Crippen LogP contribution in [0, 0.1) is 6.92 Å². The highest BCUT2D eigenvalue weighted by atomic mass is 16.7. The van der Waals surface area contributed by atoms with Gasteiger partial charge in [-0.25, -0.2) is 15.0 Å². The summed E-state index contributed by atoms with van der Waals surface area (Å²) in [6.45, 7) is 13.1. The number of ether oxygens (including phenoxy) is 2. The highest BCUT2D eigenvalue weighted by molar-refractivity contribution is 6.02. The molecule has 13 nitrogen and oxygen atoms in total. The third-order valence-electron chi connectivity index (χ3n) is 11.1. The van der Waals surface area contributed by atoms with E-state index >= 15 is 0 Å². The summed E-state index contributed by atoms with van der Waals surface area (Å²) in [5.74, 6) is 2.29. The smallest absolute Gasteiger partial charge is 0.247 e. The van der Waals surface area contributed by atoms with Crippen LogP contribution in [-0.2, 0) is 16.2 Å². The highest BCUT2D eigenvalue weighted by Crippen LogP contribution is 2.41. The van der Waals surface area contributed by atoms with Crippen molar-refractivity contribution in [2.24, 2.45) is 0 Å². The molecule has 2 N–H and O–H groups in total. The fourth-order valence-electron chi connectivity index (χ4n) is 8.08. The molecule has 2 aromatic carbocycles. The molecule has 5 heterocycles. The van der Waals surface area contributed by atoms with Crippen LogP contribution in [0.15, 0.2) is 79.6 Å². The van der Waals surface area contributed by atoms with Gasteiger partial charge in [-0.15, -0.1) is 0 Å². The number of aromatic nitrogens is 3. The number of methoxy groups -OCH3 is 1. The Balaban J connectivity index is 0.963. The average Bonchev–Trinajstić information content (AvgIpc) is 3.96. The first kappa shape index (κ1) is 36.7. The number of piperazine rings is 1. The van der Waals surface area contributed by atoms with Gasteiger partial charge in [0.25, 0.3) is 0 Å². The molecule has 4 aliphatic rings. The van der Waals surface area contributed by atoms with E-state index in [0.29, 0.717) is 48.0 Å². The normalized spacial score (nSPS) is 19.6. The van der Waals surface area contributed by atoms with Crippen molar-refractivity contribution in [3.8, 4) is 11.5 Å². The van der Waals surface area contributed by atoms with Crippen LogP contribution in [0.5, 0.6) is 11.5 Å². The highest BCUT2D eigenvalue weighted by Gasteiger charge is 2.34. The molecule has 4 aromatic rings. The Morgan fingerprint density at radius 1 is 0.909 bits per heavy atom. The molecule has 3 saturated heterocycles. The second-order valence-corrected chi connectivity index (χ2v) is 14.8. The van der Waals surface area contributed by atoms with E-state index in [1.807, 2.05) is 66.6 Å². The number of pyridine rings is 1. The molecule has 3 aliphatic heterocycles. The second-order valence-electron chi connectivity index (χ2n) is 14.8. The zero-order valence-corrected chi connectivity index (χ0v) is 31.8. The van der Waals surface area contributed by atoms with E-state index in [1.165, 1.54) is 38.3 Å². The number of carbonyl (C=O) groups is 1. The van der Waals surface area contributed by atoms with Crippen LogP contribution >= 0.6 is 0 Å². The van der Waals surface area contributed by atoms with Gasteiger partial charge in [-0.2, -0.15) is 0 Å². The van der Waals surface area contributed by atoms with Gasteiger partial charge in [0.1, 0.15) is 30.3 Å². The molecule has 1 aliphatic carbocycles. The molecule has 0 radical (unpaired) electrons. The van der Waals surface area contributed by atoms with Crippen molar-refractivity contribution >= 4 is 34.6 Å². The van der Waals surface area contributed by atoms with Gasteiger partial charge in [0.15, 0.2) is 5.82 Å². The first-order chi connectivity index (χ1) is 26.9. The fourth-order valence-corrected chi connectivity index (χ4v) is 8.08. The van der Waals surface area contributed by atoms with Gasteiger partial charge in [0.05, 0.1) is 42.5 Å². The first-order valence-electron chi connectivity index (χ1n) is 19.5. The number of nitrogens with one attached hydrogen (secondary N) is 2. The number of carbonyl (C=O) groups excluding carboxylic acids is 1. The monoisotopic (exact) mass is 745 g/mol. The molecular formula is C42H51N9O4. The lowest BCUT2D eigenvalue weighted by Gasteiger charge is -2.43. The molecule has 8 rings (SSSR count). The molecule has 4 fully saturated rings. The Morgan fingerprint density at radius 3 is 2.40 bits per heavy atom. The van der Waals surface area contributed by atoms with Gasteiger partial charge in [0, 0.05) is 75.6 Å². The summed E-state index contributed by atoms with van der Waals surface area (Å²) in [7, 11) is 1.66. The number of hydroxylamine groups is 1. The van der Waals surface area contributed by atoms with Crippen LogP contribution in [0.3, 0.4) is 0 Å². The maximum absolute atomic E-state index is 12.7. The van der Waals surface area contributed by atoms with E-state index in [-0.39, 0.29) is 11.9 Å². The van der Waals surface area contributed by atoms with Crippen molar-refractivity contribution in [1.82, 2.24) is 24.8 Å². The van der Waals surface area contributed by atoms with Crippen LogP contribution in [-0.4, -0.2) is 95.7 Å². The van der Waals surface area contributed by atoms with Crippen LogP contribution in [0.1, 0.15) is 55.1 Å². The van der Waals surface area contributed by atoms with Gasteiger partial charge in [-0.05, 0) is 74.6 Å². The number of hydrogen-bond donors (Lipinski definition) is 2. The number of hydrogen-bond acceptors (Lipinski definition) is 12. The van der Waals surface area contributed by atoms with Crippen LogP contribution in [0.2, 0.25) is 0 Å². The molecule has 1 atom stereocenters. The standard InChI is InChI=1S/C42H51N9O4/c1-4-42(52)47-35-24-36(39(53-3)25-38(35)50-16-13-33(14-17-50)49-20-18-48(19-21-49)32-11-12-32)46-40-26-41(44-28-43-40)51-37(15-22-55-51)30-8-6-10-34(23-30)54-27-31-9-5-7-29(2)45-31/h4-10,23-26,28,32-33,37H,1,11-22,27H2,2-3H3,(H,47,52)(H,43,44,46). The molecule has 1 saturated carbocycles. The molecule has 55 heavy (non-hydrogen) atoms. The van der Waals surface area contributed by atoms with Gasteiger partial charge in [-0.1, -0.05) is 24.8 Å². The number of piperidine rings is 1. The van der Waals surface area contributed by atoms with Gasteiger partial charge < -0.3 is 25.0 Å². The summed E-state index contributed by atoms with van der Waals surface area (Å²) >= 11 is 0. The molecule has 0 bridgehead atoms. The zero-order chi connectivity index (χ0) is 37.7. The summed E-state index contributed by atoms with van der Waals surface area (Å²) in [5, 5.41) is 8.31. The third kappa shape index (κ3) is 8.69. The minimum atomic E-state index is -0.274. The Kier molecular flexibility index (Phi) is 11.1. The van der Waals surface area contributed by atoms with Crippen LogP contribution < -0.4 is 30.1 Å². The lowest BCUT2D eigenvalue weighted by molar-refractivity contribution is -0.111. The number of anilines is 5. The quantitative estimate of drug-likeness (QED) is 0.150. The molecule has 288 valence electrons. The predicted octanol–water partition coefficient (Wildman–Crippen LogP) is 6.27. The van der Waals surface area contributed by atoms with Crippen LogP contribution in [0.25, 0.3) is 0 Å². The van der Waals surface area contributed by atoms with Crippen molar-refractivity contribution in [3.05, 3.63) is 96.6 Å². The Labute approximate surface area is 323 Å². The lowest BCUT2D eigenvalue weighted by Crippen LogP contribution is -2.53. The summed E-state index contributed by atoms with van der Waals surface area (Å²) < 4.78 is 12.0. The average molecular weight is 746 g/mol. The van der Waals surface area contributed by atoms with Gasteiger partial charge in [0.2, 0.25) is 5.91 Å². The number of rotatable bonds is 13. The minimum absolute atomic E-state index is 0.0746. The van der Waals surface area contributed by atoms with E-state index in [0.717, 1.165) is 79.9 Å². The Morgan fingerprint density at radius 2 is 1.67 bits per heavy atom. The summed E-state index contributed by atoms with van der Waals surface area (Å²) in [4.78, 5) is 40.2. The maximum Gasteiger partial charge on any atom is 0.247 e. The van der Waals surface area contributed by atoms with Crippen molar-refractivity contribution < 1.29 is 19.1 Å². The molecule has 1 unspecified atom stereocenters. The predicted molar refractivity (Wildman–Crippen MR) is 214 cm³/mol. The molecule has 0 spiro atoms. The Hall–Kier alpha value is -5.24. The van der Waals surface area contributed by atoms with Gasteiger partial charge >= 0.3 is 0 Å². The van der Waals surface area contributed by atoms with E-state index in [4.69, 9.17) is 14.3 Å². The van der Waals surface area contributed by atoms with E-state index in [9.17, 15) is 4.79 Å². The first-order valence-corrected chi connectivity index (χ1v) is 19.5. The SMILES string of the molecule is C=CC(=O)Nc1cc(Nc2cc(N3OCCC3c3cccc(OCc4cccc(C)n4)c3)ncn2)c(OC)cc1N1CCC(N2CCN(C3CC3)CC2)CC1. The summed E-state index contributed by atoms with van der Waals surface area (Å²) in [5.41, 5.74) is 5.16. The number of nitrogens with zero attached hydrogens (tertiary/aromatic N) is 7. The van der Waals surface area contributed by atoms with E-state index < -0.39 is 0 Å². The number of benzene rings is 2. The number of aryl methyl sites for hydroxylation is 1. The summed E-state index contributed by atoms with van der Waals surface area (Å²) in [6.07, 6.45) is 8.48. The molecular weight excluding hydrogens is 695 g/mol. The molecule has 13 heteroatoms. The van der Waals surface area contributed by atoms with Crippen molar-refractivity contribution in [2.45, 2.75) is 63.8 Å².